The molecule has 1 heterocycles. The number of benzene rings is 1. The lowest BCUT2D eigenvalue weighted by molar-refractivity contribution is 0.101. The highest BCUT2D eigenvalue weighted by Gasteiger charge is 2.31. The summed E-state index contributed by atoms with van der Waals surface area (Å²) in [6.07, 6.45) is 0.522. The van der Waals surface area contributed by atoms with E-state index in [4.69, 9.17) is 0 Å². The van der Waals surface area contributed by atoms with Crippen LogP contribution in [0.2, 0.25) is 0 Å². The Kier molecular flexibility index (Phi) is 4.34. The van der Waals surface area contributed by atoms with Crippen molar-refractivity contribution in [2.45, 2.75) is 25.9 Å². The maximum Gasteiger partial charge on any atom is 0.163 e. The van der Waals surface area contributed by atoms with Crippen molar-refractivity contribution in [1.82, 2.24) is 4.90 Å². The van der Waals surface area contributed by atoms with E-state index in [1.165, 1.54) is 13.0 Å². The summed E-state index contributed by atoms with van der Waals surface area (Å²) in [6, 6.07) is 2.02. The van der Waals surface area contributed by atoms with Gasteiger partial charge in [-0.2, -0.15) is 0 Å². The third-order valence-corrected chi connectivity index (χ3v) is 5.53. The molecule has 1 fully saturated rings. The Morgan fingerprint density at radius 3 is 2.67 bits per heavy atom. The third-order valence-electron chi connectivity index (χ3n) is 3.78. The number of carbonyl (C=O) groups excluding carboxylic acids is 1. The largest absolute Gasteiger partial charge is 0.507 e. The predicted molar refractivity (Wildman–Crippen MR) is 76.6 cm³/mol. The van der Waals surface area contributed by atoms with Gasteiger partial charge in [-0.15, -0.1) is 0 Å². The van der Waals surface area contributed by atoms with Crippen LogP contribution in [0, 0.1) is 5.82 Å². The van der Waals surface area contributed by atoms with E-state index in [0.717, 1.165) is 6.07 Å². The molecule has 21 heavy (non-hydrogen) atoms. The second kappa shape index (κ2) is 5.73. The van der Waals surface area contributed by atoms with Crippen molar-refractivity contribution < 1.29 is 22.7 Å². The molecule has 1 aliphatic rings. The average Bonchev–Trinajstić information content (AvgIpc) is 2.73. The summed E-state index contributed by atoms with van der Waals surface area (Å²) in [5, 5.41) is 10.0. The summed E-state index contributed by atoms with van der Waals surface area (Å²) in [7, 11) is -1.28. The molecule has 1 N–H and O–H groups in total. The molecule has 1 aromatic rings. The lowest BCUT2D eigenvalue weighted by atomic mass is 10.0. The van der Waals surface area contributed by atoms with E-state index in [-0.39, 0.29) is 41.0 Å². The first-order valence-electron chi connectivity index (χ1n) is 6.62. The molecule has 0 radical (unpaired) electrons. The molecule has 1 aromatic carbocycles. The zero-order valence-corrected chi connectivity index (χ0v) is 12.8. The quantitative estimate of drug-likeness (QED) is 0.849. The fourth-order valence-electron chi connectivity index (χ4n) is 2.57. The monoisotopic (exact) mass is 315 g/mol. The molecule has 1 atom stereocenters. The Morgan fingerprint density at radius 2 is 2.14 bits per heavy atom. The summed E-state index contributed by atoms with van der Waals surface area (Å²) in [6.45, 7) is 1.44. The molecule has 1 aliphatic heterocycles. The molecule has 0 saturated carbocycles. The van der Waals surface area contributed by atoms with E-state index in [2.05, 4.69) is 0 Å². The highest BCUT2D eigenvalue weighted by molar-refractivity contribution is 7.91. The molecule has 7 heteroatoms. The zero-order chi connectivity index (χ0) is 15.8. The maximum atomic E-state index is 13.5. The van der Waals surface area contributed by atoms with Crippen molar-refractivity contribution in [1.29, 1.82) is 0 Å². The third kappa shape index (κ3) is 3.59. The van der Waals surface area contributed by atoms with Crippen LogP contribution < -0.4 is 0 Å². The molecule has 1 saturated heterocycles. The summed E-state index contributed by atoms with van der Waals surface area (Å²) in [5.41, 5.74) is 0.226. The molecule has 0 aromatic heterocycles. The van der Waals surface area contributed by atoms with Crippen molar-refractivity contribution >= 4 is 15.6 Å². The van der Waals surface area contributed by atoms with Gasteiger partial charge in [-0.3, -0.25) is 9.69 Å². The van der Waals surface area contributed by atoms with Crippen LogP contribution in [0.1, 0.15) is 29.3 Å². The Balaban J connectivity index is 2.22. The van der Waals surface area contributed by atoms with E-state index in [9.17, 15) is 22.7 Å². The number of nitrogens with zero attached hydrogens (tertiary/aromatic N) is 1. The SMILES string of the molecule is CC(=O)c1cc(F)cc(CN(C)C2CCS(=O)(=O)C2)c1O. The van der Waals surface area contributed by atoms with Gasteiger partial charge in [-0.05, 0) is 32.5 Å². The highest BCUT2D eigenvalue weighted by Crippen LogP contribution is 2.27. The normalized spacial score (nSPS) is 20.9. The molecule has 0 amide bonds. The van der Waals surface area contributed by atoms with Crippen molar-refractivity contribution in [3.05, 3.63) is 29.1 Å². The van der Waals surface area contributed by atoms with Gasteiger partial charge >= 0.3 is 0 Å². The number of Topliss-reactive ketones (excluding diaryl/α,β-unsaturated/α-hetero) is 1. The van der Waals surface area contributed by atoms with E-state index in [1.54, 1.807) is 11.9 Å². The van der Waals surface area contributed by atoms with Gasteiger partial charge in [0.05, 0.1) is 17.1 Å². The van der Waals surface area contributed by atoms with E-state index >= 15 is 0 Å². The van der Waals surface area contributed by atoms with Crippen LogP contribution in [0.3, 0.4) is 0 Å². The maximum absolute atomic E-state index is 13.5. The van der Waals surface area contributed by atoms with Crippen LogP contribution in [0.15, 0.2) is 12.1 Å². The average molecular weight is 315 g/mol. The van der Waals surface area contributed by atoms with Crippen LogP contribution in [0.5, 0.6) is 5.75 Å². The van der Waals surface area contributed by atoms with Crippen molar-refractivity contribution in [2.24, 2.45) is 0 Å². The molecule has 5 nitrogen and oxygen atoms in total. The number of phenolic OH excluding ortho intramolecular Hbond substituents is 1. The number of sulfone groups is 1. The molecular weight excluding hydrogens is 297 g/mol. The summed E-state index contributed by atoms with van der Waals surface area (Å²) in [5.74, 6) is -1.04. The number of ketones is 1. The van der Waals surface area contributed by atoms with E-state index in [0.29, 0.717) is 6.42 Å². The minimum absolute atomic E-state index is 0.0579. The molecule has 0 spiro atoms. The summed E-state index contributed by atoms with van der Waals surface area (Å²) < 4.78 is 36.5. The lowest BCUT2D eigenvalue weighted by Crippen LogP contribution is -2.32. The van der Waals surface area contributed by atoms with Crippen LogP contribution in [-0.4, -0.2) is 48.8 Å². The minimum atomic E-state index is -3.01. The minimum Gasteiger partial charge on any atom is -0.507 e. The predicted octanol–water partition coefficient (Wildman–Crippen LogP) is 1.35. The Labute approximate surface area is 123 Å². The number of halogens is 1. The van der Waals surface area contributed by atoms with Gasteiger partial charge in [0.1, 0.15) is 11.6 Å². The standard InChI is InChI=1S/C14H18FNO4S/c1-9(17)13-6-11(15)5-10(14(13)18)7-16(2)12-3-4-21(19,20)8-12/h5-6,12,18H,3-4,7-8H2,1-2H3. The molecule has 116 valence electrons. The fraction of sp³-hybridized carbons (Fsp3) is 0.500. The number of carbonyl (C=O) groups is 1. The van der Waals surface area contributed by atoms with Gasteiger partial charge in [0, 0.05) is 18.2 Å². The molecule has 0 bridgehead atoms. The highest BCUT2D eigenvalue weighted by atomic mass is 32.2. The van der Waals surface area contributed by atoms with Gasteiger partial charge in [-0.1, -0.05) is 0 Å². The smallest absolute Gasteiger partial charge is 0.163 e. The number of rotatable bonds is 4. The molecule has 0 aliphatic carbocycles. The fourth-order valence-corrected chi connectivity index (χ4v) is 4.37. The first-order chi connectivity index (χ1) is 9.69. The van der Waals surface area contributed by atoms with Gasteiger partial charge in [0.2, 0.25) is 0 Å². The Morgan fingerprint density at radius 1 is 1.48 bits per heavy atom. The van der Waals surface area contributed by atoms with E-state index in [1.807, 2.05) is 0 Å². The first-order valence-corrected chi connectivity index (χ1v) is 8.45. The Hall–Kier alpha value is -1.47. The Bertz CT molecular complexity index is 672. The van der Waals surface area contributed by atoms with Gasteiger partial charge in [-0.25, -0.2) is 12.8 Å². The molecule has 1 unspecified atom stereocenters. The second-order valence-electron chi connectivity index (χ2n) is 5.49. The lowest BCUT2D eigenvalue weighted by Gasteiger charge is -2.23. The second-order valence-corrected chi connectivity index (χ2v) is 7.72. The van der Waals surface area contributed by atoms with Gasteiger partial charge in [0.25, 0.3) is 0 Å². The van der Waals surface area contributed by atoms with Crippen molar-refractivity contribution in [3.8, 4) is 5.75 Å². The van der Waals surface area contributed by atoms with Crippen LogP contribution in [0.25, 0.3) is 0 Å². The van der Waals surface area contributed by atoms with E-state index < -0.39 is 21.4 Å². The number of hydrogen-bond donors (Lipinski definition) is 1. The van der Waals surface area contributed by atoms with Crippen molar-refractivity contribution in [3.63, 3.8) is 0 Å². The van der Waals surface area contributed by atoms with Crippen LogP contribution in [-0.2, 0) is 16.4 Å². The zero-order valence-electron chi connectivity index (χ0n) is 12.0. The van der Waals surface area contributed by atoms with Gasteiger partial charge in [0.15, 0.2) is 15.6 Å². The topological polar surface area (TPSA) is 74.7 Å². The van der Waals surface area contributed by atoms with Crippen LogP contribution in [0.4, 0.5) is 4.39 Å². The molecular formula is C14H18FNO4S. The summed E-state index contributed by atoms with van der Waals surface area (Å²) >= 11 is 0. The van der Waals surface area contributed by atoms with Crippen molar-refractivity contribution in [2.75, 3.05) is 18.6 Å². The van der Waals surface area contributed by atoms with Crippen LogP contribution >= 0.6 is 0 Å². The number of hydrogen-bond acceptors (Lipinski definition) is 5. The first kappa shape index (κ1) is 15.9. The number of phenols is 1. The summed E-state index contributed by atoms with van der Waals surface area (Å²) in [4.78, 5) is 13.1. The van der Waals surface area contributed by atoms with Gasteiger partial charge < -0.3 is 5.11 Å². The molecule has 2 rings (SSSR count). The number of aromatic hydroxyl groups is 1.